The number of carbonyl (C=O) groups excluding carboxylic acids is 1. The Morgan fingerprint density at radius 1 is 1.41 bits per heavy atom. The van der Waals surface area contributed by atoms with E-state index in [0.29, 0.717) is 32.1 Å². The molecule has 7 nitrogen and oxygen atoms in total. The smallest absolute Gasteiger partial charge is 0.335 e. The van der Waals surface area contributed by atoms with Crippen LogP contribution in [0.5, 0.6) is 0 Å². The molecule has 0 saturated carbocycles. The topological polar surface area (TPSA) is 88.1 Å². The lowest BCUT2D eigenvalue weighted by molar-refractivity contribution is -0.119. The molecule has 1 saturated heterocycles. The van der Waals surface area contributed by atoms with Crippen molar-refractivity contribution in [2.24, 2.45) is 0 Å². The molecule has 1 atom stereocenters. The molecule has 0 unspecified atom stereocenters. The Labute approximate surface area is 128 Å². The number of likely N-dealkylation sites (N-methyl/N-ethyl adjacent to an activating group) is 1. The monoisotopic (exact) mass is 308 g/mol. The maximum absolute atomic E-state index is 12.0. The third-order valence-electron chi connectivity index (χ3n) is 3.21. The van der Waals surface area contributed by atoms with Crippen molar-refractivity contribution in [1.29, 1.82) is 0 Å². The van der Waals surface area contributed by atoms with Crippen molar-refractivity contribution in [3.05, 3.63) is 29.8 Å². The van der Waals surface area contributed by atoms with Crippen molar-refractivity contribution in [3.8, 4) is 0 Å². The minimum atomic E-state index is -1.03. The fraction of sp³-hybridized carbons (Fsp3) is 0.467. The molecular weight excluding hydrogens is 288 g/mol. The SMILES string of the molecule is CN(CC(=O)Nc1cccc(C(=O)O)c1)C[C@@H]1COCCO1. The van der Waals surface area contributed by atoms with Crippen LogP contribution in [0.15, 0.2) is 24.3 Å². The second-order valence-corrected chi connectivity index (χ2v) is 5.20. The summed E-state index contributed by atoms with van der Waals surface area (Å²) < 4.78 is 10.8. The van der Waals surface area contributed by atoms with Gasteiger partial charge in [-0.05, 0) is 25.2 Å². The van der Waals surface area contributed by atoms with Gasteiger partial charge in [0.15, 0.2) is 0 Å². The number of anilines is 1. The largest absolute Gasteiger partial charge is 0.478 e. The van der Waals surface area contributed by atoms with E-state index in [4.69, 9.17) is 14.6 Å². The maximum Gasteiger partial charge on any atom is 0.335 e. The van der Waals surface area contributed by atoms with Crippen LogP contribution in [0, 0.1) is 0 Å². The van der Waals surface area contributed by atoms with Gasteiger partial charge < -0.3 is 19.9 Å². The summed E-state index contributed by atoms with van der Waals surface area (Å²) in [5.41, 5.74) is 0.606. The van der Waals surface area contributed by atoms with Crippen molar-refractivity contribution in [3.63, 3.8) is 0 Å². The fourth-order valence-electron chi connectivity index (χ4n) is 2.23. The first-order valence-electron chi connectivity index (χ1n) is 7.05. The lowest BCUT2D eigenvalue weighted by atomic mass is 10.2. The first kappa shape index (κ1) is 16.4. The van der Waals surface area contributed by atoms with Crippen LogP contribution in [0.3, 0.4) is 0 Å². The number of hydrogen-bond acceptors (Lipinski definition) is 5. The number of aromatic carboxylic acids is 1. The first-order valence-corrected chi connectivity index (χ1v) is 7.05. The number of amides is 1. The highest BCUT2D eigenvalue weighted by Gasteiger charge is 2.17. The van der Waals surface area contributed by atoms with E-state index in [-0.39, 0.29) is 24.1 Å². The summed E-state index contributed by atoms with van der Waals surface area (Å²) in [4.78, 5) is 24.7. The summed E-state index contributed by atoms with van der Waals surface area (Å²) in [7, 11) is 1.82. The Bertz CT molecular complexity index is 528. The van der Waals surface area contributed by atoms with Crippen LogP contribution in [0.1, 0.15) is 10.4 Å². The van der Waals surface area contributed by atoms with Crippen LogP contribution >= 0.6 is 0 Å². The molecule has 0 bridgehead atoms. The molecule has 1 aliphatic heterocycles. The zero-order valence-electron chi connectivity index (χ0n) is 12.4. The summed E-state index contributed by atoms with van der Waals surface area (Å²) in [5, 5.41) is 11.6. The highest BCUT2D eigenvalue weighted by molar-refractivity contribution is 5.94. The van der Waals surface area contributed by atoms with Gasteiger partial charge in [-0.1, -0.05) is 6.07 Å². The quantitative estimate of drug-likeness (QED) is 0.803. The highest BCUT2D eigenvalue weighted by atomic mass is 16.6. The second kappa shape index (κ2) is 7.88. The Balaban J connectivity index is 1.81. The minimum absolute atomic E-state index is 0.0260. The number of ether oxygens (including phenoxy) is 2. The molecule has 0 radical (unpaired) electrons. The number of carboxylic acid groups (broad SMARTS) is 1. The molecule has 7 heteroatoms. The van der Waals surface area contributed by atoms with Gasteiger partial charge in [0.1, 0.15) is 0 Å². The molecule has 1 fully saturated rings. The predicted molar refractivity (Wildman–Crippen MR) is 80.1 cm³/mol. The van der Waals surface area contributed by atoms with E-state index in [0.717, 1.165) is 0 Å². The number of nitrogens with one attached hydrogen (secondary N) is 1. The maximum atomic E-state index is 12.0. The van der Waals surface area contributed by atoms with E-state index in [1.54, 1.807) is 12.1 Å². The Morgan fingerprint density at radius 3 is 2.91 bits per heavy atom. The van der Waals surface area contributed by atoms with Crippen molar-refractivity contribution in [2.45, 2.75) is 6.10 Å². The summed E-state index contributed by atoms with van der Waals surface area (Å²) in [6.45, 7) is 2.51. The van der Waals surface area contributed by atoms with E-state index in [1.165, 1.54) is 12.1 Å². The zero-order chi connectivity index (χ0) is 15.9. The van der Waals surface area contributed by atoms with Crippen LogP contribution in [0.25, 0.3) is 0 Å². The zero-order valence-corrected chi connectivity index (χ0v) is 12.4. The average Bonchev–Trinajstić information content (AvgIpc) is 2.48. The molecule has 22 heavy (non-hydrogen) atoms. The first-order chi connectivity index (χ1) is 10.5. The number of benzene rings is 1. The Morgan fingerprint density at radius 2 is 2.23 bits per heavy atom. The van der Waals surface area contributed by atoms with Gasteiger partial charge in [0, 0.05) is 12.2 Å². The minimum Gasteiger partial charge on any atom is -0.478 e. The van der Waals surface area contributed by atoms with Gasteiger partial charge >= 0.3 is 5.97 Å². The lowest BCUT2D eigenvalue weighted by Crippen LogP contribution is -2.41. The number of nitrogens with zero attached hydrogens (tertiary/aromatic N) is 1. The standard InChI is InChI=1S/C15H20N2O5/c1-17(8-13-10-21-5-6-22-13)9-14(18)16-12-4-2-3-11(7-12)15(19)20/h2-4,7,13H,5-6,8-10H2,1H3,(H,16,18)(H,19,20)/t13-/m1/s1. The molecule has 2 N–H and O–H groups in total. The van der Waals surface area contributed by atoms with Gasteiger partial charge in [0.2, 0.25) is 5.91 Å². The van der Waals surface area contributed by atoms with Gasteiger partial charge in [-0.3, -0.25) is 9.69 Å². The number of carbonyl (C=O) groups is 2. The van der Waals surface area contributed by atoms with Gasteiger partial charge in [-0.25, -0.2) is 4.79 Å². The van der Waals surface area contributed by atoms with Crippen LogP contribution in [-0.4, -0.2) is 67.9 Å². The lowest BCUT2D eigenvalue weighted by Gasteiger charge is -2.27. The van der Waals surface area contributed by atoms with Gasteiger partial charge in [-0.2, -0.15) is 0 Å². The molecule has 0 spiro atoms. The second-order valence-electron chi connectivity index (χ2n) is 5.20. The Hall–Kier alpha value is -1.96. The van der Waals surface area contributed by atoms with Crippen LogP contribution in [0.4, 0.5) is 5.69 Å². The normalized spacial score (nSPS) is 18.2. The fourth-order valence-corrected chi connectivity index (χ4v) is 2.23. The van der Waals surface area contributed by atoms with Crippen molar-refractivity contribution in [1.82, 2.24) is 4.90 Å². The molecule has 1 aliphatic rings. The summed E-state index contributed by atoms with van der Waals surface area (Å²) >= 11 is 0. The van der Waals surface area contributed by atoms with E-state index >= 15 is 0 Å². The summed E-state index contributed by atoms with van der Waals surface area (Å²) in [6, 6.07) is 6.15. The molecule has 1 amide bonds. The third-order valence-corrected chi connectivity index (χ3v) is 3.21. The number of carboxylic acids is 1. The molecule has 2 rings (SSSR count). The predicted octanol–water partition coefficient (Wildman–Crippen LogP) is 0.670. The van der Waals surface area contributed by atoms with E-state index in [9.17, 15) is 9.59 Å². The highest BCUT2D eigenvalue weighted by Crippen LogP contribution is 2.11. The molecule has 0 aliphatic carbocycles. The number of rotatable bonds is 6. The van der Waals surface area contributed by atoms with Gasteiger partial charge in [0.05, 0.1) is 38.0 Å². The van der Waals surface area contributed by atoms with Crippen LogP contribution < -0.4 is 5.32 Å². The molecular formula is C15H20N2O5. The molecule has 1 aromatic rings. The third kappa shape index (κ3) is 5.10. The van der Waals surface area contributed by atoms with E-state index in [1.807, 2.05) is 11.9 Å². The van der Waals surface area contributed by atoms with Crippen molar-refractivity contribution in [2.75, 3.05) is 45.3 Å². The molecule has 1 aromatic carbocycles. The van der Waals surface area contributed by atoms with Gasteiger partial charge in [-0.15, -0.1) is 0 Å². The van der Waals surface area contributed by atoms with Crippen LogP contribution in [0.2, 0.25) is 0 Å². The number of hydrogen-bond donors (Lipinski definition) is 2. The molecule has 120 valence electrons. The van der Waals surface area contributed by atoms with E-state index < -0.39 is 5.97 Å². The van der Waals surface area contributed by atoms with Crippen molar-refractivity contribution >= 4 is 17.6 Å². The van der Waals surface area contributed by atoms with E-state index in [2.05, 4.69) is 5.32 Å². The molecule has 0 aromatic heterocycles. The Kier molecular flexibility index (Phi) is 5.88. The summed E-state index contributed by atoms with van der Waals surface area (Å²) in [5.74, 6) is -1.23. The van der Waals surface area contributed by atoms with Crippen molar-refractivity contribution < 1.29 is 24.2 Å². The summed E-state index contributed by atoms with van der Waals surface area (Å²) in [6.07, 6.45) is -0.0260. The van der Waals surface area contributed by atoms with Gasteiger partial charge in [0.25, 0.3) is 0 Å². The average molecular weight is 308 g/mol. The van der Waals surface area contributed by atoms with Crippen LogP contribution in [-0.2, 0) is 14.3 Å². The molecule has 1 heterocycles.